The van der Waals surface area contributed by atoms with Gasteiger partial charge in [-0.2, -0.15) is 10.2 Å². The summed E-state index contributed by atoms with van der Waals surface area (Å²) in [5.41, 5.74) is 3.76. The summed E-state index contributed by atoms with van der Waals surface area (Å²) in [6, 6.07) is 9.88. The SMILES string of the molecule is CCCN(C(=O)COC(C)=O)C1=CC(=C(c2cc(C=Nn3nnnc3C)ccc2O)c2cc(C=Nn3nnnc3C)ccc2O)CC=C1. The van der Waals surface area contributed by atoms with E-state index in [0.717, 1.165) is 0 Å². The zero-order valence-corrected chi connectivity index (χ0v) is 26.7. The van der Waals surface area contributed by atoms with Crippen molar-refractivity contribution in [1.29, 1.82) is 0 Å². The fraction of sp³-hybridized carbons (Fsp3) is 0.250. The summed E-state index contributed by atoms with van der Waals surface area (Å²) in [6.07, 6.45) is 9.67. The Morgan fingerprint density at radius 2 is 1.50 bits per heavy atom. The predicted octanol–water partition coefficient (Wildman–Crippen LogP) is 2.90. The standard InChI is InChI=1S/C32H33N11O5/c1-5-13-41(31(47)19-48-22(4)44)26-8-6-7-25(16-26)32(27-14-23(9-11-29(27)45)17-33-42-20(2)35-37-39-42)28-15-24(10-12-30(28)46)18-34-43-21(3)36-38-40-43/h6,8-12,14-18,45-46H,5,7,13,19H2,1-4H3. The van der Waals surface area contributed by atoms with Gasteiger partial charge in [-0.1, -0.05) is 13.0 Å². The Hall–Kier alpha value is -6.32. The maximum atomic E-state index is 13.2. The molecule has 16 heteroatoms. The van der Waals surface area contributed by atoms with Crippen molar-refractivity contribution in [2.24, 2.45) is 10.2 Å². The molecule has 2 aromatic carbocycles. The molecule has 2 aromatic heterocycles. The number of ether oxygens (including phenoxy) is 1. The van der Waals surface area contributed by atoms with Crippen molar-refractivity contribution in [3.63, 3.8) is 0 Å². The van der Waals surface area contributed by atoms with Gasteiger partial charge in [0.2, 0.25) is 0 Å². The first kappa shape index (κ1) is 33.1. The van der Waals surface area contributed by atoms with E-state index in [1.54, 1.807) is 55.4 Å². The summed E-state index contributed by atoms with van der Waals surface area (Å²) in [4.78, 5) is 28.7. The molecule has 4 aromatic rings. The second-order valence-electron chi connectivity index (χ2n) is 10.7. The molecule has 246 valence electrons. The highest BCUT2D eigenvalue weighted by Gasteiger charge is 2.23. The normalized spacial score (nSPS) is 12.9. The number of aryl methyl sites for hydroxylation is 2. The van der Waals surface area contributed by atoms with E-state index in [9.17, 15) is 19.8 Å². The van der Waals surface area contributed by atoms with Gasteiger partial charge in [-0.05, 0) is 118 Å². The first-order valence-electron chi connectivity index (χ1n) is 14.9. The Bertz CT molecular complexity index is 1890. The van der Waals surface area contributed by atoms with Crippen LogP contribution >= 0.6 is 0 Å². The van der Waals surface area contributed by atoms with E-state index in [-0.39, 0.29) is 17.4 Å². The summed E-state index contributed by atoms with van der Waals surface area (Å²) in [5.74, 6) is -0.0868. The fourth-order valence-electron chi connectivity index (χ4n) is 4.87. The van der Waals surface area contributed by atoms with Crippen molar-refractivity contribution < 1.29 is 24.5 Å². The minimum Gasteiger partial charge on any atom is -0.507 e. The molecule has 1 amide bonds. The lowest BCUT2D eigenvalue weighted by Gasteiger charge is -2.26. The first-order chi connectivity index (χ1) is 23.1. The highest BCUT2D eigenvalue weighted by atomic mass is 16.5. The van der Waals surface area contributed by atoms with Crippen molar-refractivity contribution in [3.8, 4) is 11.5 Å². The number of hydrogen-bond acceptors (Lipinski definition) is 13. The van der Waals surface area contributed by atoms with Crippen LogP contribution in [-0.2, 0) is 14.3 Å². The van der Waals surface area contributed by atoms with E-state index in [1.165, 1.54) is 28.6 Å². The highest BCUT2D eigenvalue weighted by molar-refractivity contribution is 5.93. The molecule has 2 N–H and O–H groups in total. The van der Waals surface area contributed by atoms with Crippen LogP contribution in [0.15, 0.2) is 76.1 Å². The number of aromatic nitrogens is 8. The number of hydrogen-bond donors (Lipinski definition) is 2. The van der Waals surface area contributed by atoms with Crippen LogP contribution in [-0.4, -0.2) is 93.2 Å². The minimum atomic E-state index is -0.556. The van der Waals surface area contributed by atoms with Crippen LogP contribution in [0.5, 0.6) is 11.5 Å². The van der Waals surface area contributed by atoms with Crippen molar-refractivity contribution >= 4 is 29.9 Å². The minimum absolute atomic E-state index is 0.0584. The van der Waals surface area contributed by atoms with E-state index >= 15 is 0 Å². The Morgan fingerprint density at radius 1 is 0.938 bits per heavy atom. The summed E-state index contributed by atoms with van der Waals surface area (Å²) >= 11 is 0. The lowest BCUT2D eigenvalue weighted by Crippen LogP contribution is -2.34. The van der Waals surface area contributed by atoms with E-state index in [4.69, 9.17) is 4.74 Å². The number of phenols is 2. The van der Waals surface area contributed by atoms with Crippen molar-refractivity contribution in [2.75, 3.05) is 13.2 Å². The van der Waals surface area contributed by atoms with Gasteiger partial charge in [-0.15, -0.1) is 19.8 Å². The van der Waals surface area contributed by atoms with Gasteiger partial charge < -0.3 is 19.8 Å². The fourth-order valence-corrected chi connectivity index (χ4v) is 4.87. The summed E-state index contributed by atoms with van der Waals surface area (Å²) < 4.78 is 4.99. The molecule has 0 unspecified atom stereocenters. The average molecular weight is 652 g/mol. The molecule has 1 aliphatic rings. The van der Waals surface area contributed by atoms with E-state index in [1.807, 2.05) is 25.2 Å². The van der Waals surface area contributed by atoms with Crippen LogP contribution in [0, 0.1) is 13.8 Å². The van der Waals surface area contributed by atoms with Gasteiger partial charge in [-0.25, -0.2) is 0 Å². The number of rotatable bonds is 11. The molecule has 0 saturated carbocycles. The summed E-state index contributed by atoms with van der Waals surface area (Å²) in [6.45, 7) is 6.57. The van der Waals surface area contributed by atoms with Gasteiger partial charge >= 0.3 is 5.97 Å². The maximum absolute atomic E-state index is 13.2. The molecule has 0 spiro atoms. The molecule has 0 aliphatic heterocycles. The highest BCUT2D eigenvalue weighted by Crippen LogP contribution is 2.40. The number of esters is 1. The zero-order valence-electron chi connectivity index (χ0n) is 26.7. The van der Waals surface area contributed by atoms with Crippen LogP contribution in [0.1, 0.15) is 60.6 Å². The van der Waals surface area contributed by atoms with Crippen molar-refractivity contribution in [3.05, 3.63) is 99.8 Å². The van der Waals surface area contributed by atoms with Crippen molar-refractivity contribution in [2.45, 2.75) is 40.5 Å². The number of carbonyl (C=O) groups excluding carboxylic acids is 2. The largest absolute Gasteiger partial charge is 0.507 e. The summed E-state index contributed by atoms with van der Waals surface area (Å²) in [7, 11) is 0. The van der Waals surface area contributed by atoms with E-state index in [0.29, 0.717) is 70.1 Å². The van der Waals surface area contributed by atoms with Crippen LogP contribution < -0.4 is 0 Å². The average Bonchev–Trinajstić information content (AvgIpc) is 3.69. The number of phenolic OH excluding ortho intramolecular Hbond substituents is 2. The topological polar surface area (TPSA) is 199 Å². The second kappa shape index (κ2) is 14.8. The monoisotopic (exact) mass is 651 g/mol. The number of tetrazole rings is 2. The molecular weight excluding hydrogens is 618 g/mol. The zero-order chi connectivity index (χ0) is 34.2. The van der Waals surface area contributed by atoms with Gasteiger partial charge in [0.1, 0.15) is 11.5 Å². The molecule has 1 aliphatic carbocycles. The number of aromatic hydroxyl groups is 2. The molecular formula is C32H33N11O5. The molecule has 0 fully saturated rings. The van der Waals surface area contributed by atoms with Crippen LogP contribution in [0.25, 0.3) is 5.57 Å². The number of allylic oxidation sites excluding steroid dienone is 4. The van der Waals surface area contributed by atoms with Crippen molar-refractivity contribution in [1.82, 2.24) is 45.5 Å². The Morgan fingerprint density at radius 3 is 1.98 bits per heavy atom. The number of carbonyl (C=O) groups is 2. The Balaban J connectivity index is 1.67. The van der Waals surface area contributed by atoms with Crippen LogP contribution in [0.3, 0.4) is 0 Å². The molecule has 0 saturated heterocycles. The molecule has 0 bridgehead atoms. The number of benzene rings is 2. The Kier molecular flexibility index (Phi) is 10.2. The van der Waals surface area contributed by atoms with Gasteiger partial charge in [0, 0.05) is 30.3 Å². The molecule has 5 rings (SSSR count). The van der Waals surface area contributed by atoms with Gasteiger partial charge in [0.05, 0.1) is 12.4 Å². The molecule has 0 radical (unpaired) electrons. The lowest BCUT2D eigenvalue weighted by atomic mass is 9.87. The molecule has 16 nitrogen and oxygen atoms in total. The number of amides is 1. The maximum Gasteiger partial charge on any atom is 0.303 e. The smallest absolute Gasteiger partial charge is 0.303 e. The molecule has 0 atom stereocenters. The van der Waals surface area contributed by atoms with Gasteiger partial charge in [-0.3, -0.25) is 9.59 Å². The third kappa shape index (κ3) is 7.72. The van der Waals surface area contributed by atoms with Gasteiger partial charge in [0.15, 0.2) is 18.3 Å². The third-order valence-electron chi connectivity index (χ3n) is 7.15. The first-order valence-corrected chi connectivity index (χ1v) is 14.9. The number of nitrogens with zero attached hydrogens (tertiary/aromatic N) is 11. The molecule has 2 heterocycles. The van der Waals surface area contributed by atoms with E-state index in [2.05, 4.69) is 41.3 Å². The summed E-state index contributed by atoms with van der Waals surface area (Å²) in [5, 5.41) is 53.7. The van der Waals surface area contributed by atoms with Crippen LogP contribution in [0.4, 0.5) is 0 Å². The predicted molar refractivity (Wildman–Crippen MR) is 174 cm³/mol. The van der Waals surface area contributed by atoms with E-state index < -0.39 is 12.6 Å². The third-order valence-corrected chi connectivity index (χ3v) is 7.15. The quantitative estimate of drug-likeness (QED) is 0.179. The lowest BCUT2D eigenvalue weighted by molar-refractivity contribution is -0.149. The Labute approximate surface area is 275 Å². The van der Waals surface area contributed by atoms with Gasteiger partial charge in [0.25, 0.3) is 5.91 Å². The molecule has 48 heavy (non-hydrogen) atoms. The second-order valence-corrected chi connectivity index (χ2v) is 10.7. The van der Waals surface area contributed by atoms with Crippen LogP contribution in [0.2, 0.25) is 0 Å².